The Morgan fingerprint density at radius 2 is 2.11 bits per heavy atom. The zero-order chi connectivity index (χ0) is 13.1. The van der Waals surface area contributed by atoms with Gasteiger partial charge in [-0.2, -0.15) is 0 Å². The molecule has 0 aromatic heterocycles. The molecule has 1 heterocycles. The summed E-state index contributed by atoms with van der Waals surface area (Å²) in [7, 11) is 1.76. The molecule has 4 nitrogen and oxygen atoms in total. The summed E-state index contributed by atoms with van der Waals surface area (Å²) >= 11 is 0. The fourth-order valence-corrected chi connectivity index (χ4v) is 2.33. The first-order valence-electron chi connectivity index (χ1n) is 6.11. The second-order valence-electron chi connectivity index (χ2n) is 4.51. The molecule has 1 aliphatic rings. The van der Waals surface area contributed by atoms with Crippen LogP contribution in [-0.2, 0) is 4.79 Å². The molecule has 0 bridgehead atoms. The Bertz CT molecular complexity index is 438. The molecule has 0 spiro atoms. The number of anilines is 1. The molecule has 0 aliphatic carbocycles. The van der Waals surface area contributed by atoms with Crippen molar-refractivity contribution in [2.24, 2.45) is 5.73 Å². The van der Waals surface area contributed by atoms with Gasteiger partial charge < -0.3 is 15.5 Å². The maximum atomic E-state index is 13.8. The first-order chi connectivity index (χ1) is 8.65. The number of carbonyl (C=O) groups excluding carboxylic acids is 1. The van der Waals surface area contributed by atoms with Crippen molar-refractivity contribution in [3.8, 4) is 0 Å². The van der Waals surface area contributed by atoms with Crippen molar-refractivity contribution in [1.29, 1.82) is 0 Å². The number of carbonyl (C=O) groups is 1. The molecule has 18 heavy (non-hydrogen) atoms. The molecule has 98 valence electrons. The van der Waals surface area contributed by atoms with Gasteiger partial charge in [0.1, 0.15) is 11.9 Å². The highest BCUT2D eigenvalue weighted by Crippen LogP contribution is 2.23. The number of nitrogens with zero attached hydrogens (tertiary/aromatic N) is 2. The third-order valence-corrected chi connectivity index (χ3v) is 3.32. The van der Waals surface area contributed by atoms with Crippen molar-refractivity contribution in [1.82, 2.24) is 4.90 Å². The van der Waals surface area contributed by atoms with Crippen molar-refractivity contribution >= 4 is 11.6 Å². The van der Waals surface area contributed by atoms with Gasteiger partial charge in [0.2, 0.25) is 5.91 Å². The number of nitrogens with two attached hydrogens (primary N) is 1. The van der Waals surface area contributed by atoms with Crippen LogP contribution < -0.4 is 10.6 Å². The van der Waals surface area contributed by atoms with Crippen LogP contribution in [0.15, 0.2) is 24.3 Å². The fourth-order valence-electron chi connectivity index (χ4n) is 2.33. The predicted molar refractivity (Wildman–Crippen MR) is 68.8 cm³/mol. The van der Waals surface area contributed by atoms with Gasteiger partial charge in [-0.3, -0.25) is 4.79 Å². The van der Waals surface area contributed by atoms with Gasteiger partial charge in [0.15, 0.2) is 0 Å². The Morgan fingerprint density at radius 1 is 1.39 bits per heavy atom. The SMILES string of the molecule is CN1CCCN(c2ccccc2F)C(CN)C1=O. The monoisotopic (exact) mass is 251 g/mol. The van der Waals surface area contributed by atoms with E-state index in [1.54, 1.807) is 35.0 Å². The highest BCUT2D eigenvalue weighted by atomic mass is 19.1. The summed E-state index contributed by atoms with van der Waals surface area (Å²) in [6.07, 6.45) is 0.813. The zero-order valence-corrected chi connectivity index (χ0v) is 10.5. The highest BCUT2D eigenvalue weighted by Gasteiger charge is 2.31. The summed E-state index contributed by atoms with van der Waals surface area (Å²) in [6.45, 7) is 1.51. The van der Waals surface area contributed by atoms with Crippen molar-refractivity contribution in [2.45, 2.75) is 12.5 Å². The Hall–Kier alpha value is -1.62. The van der Waals surface area contributed by atoms with E-state index in [9.17, 15) is 9.18 Å². The van der Waals surface area contributed by atoms with Crippen LogP contribution >= 0.6 is 0 Å². The van der Waals surface area contributed by atoms with Crippen LogP contribution in [0.4, 0.5) is 10.1 Å². The molecule has 1 amide bonds. The number of rotatable bonds is 2. The maximum absolute atomic E-state index is 13.8. The summed E-state index contributed by atoms with van der Waals surface area (Å²) in [5, 5.41) is 0. The van der Waals surface area contributed by atoms with E-state index in [1.165, 1.54) is 6.07 Å². The van der Waals surface area contributed by atoms with Gasteiger partial charge in [-0.25, -0.2) is 4.39 Å². The molecule has 5 heteroatoms. The molecule has 1 aromatic rings. The Labute approximate surface area is 106 Å². The van der Waals surface area contributed by atoms with Crippen LogP contribution in [0.3, 0.4) is 0 Å². The van der Waals surface area contributed by atoms with E-state index < -0.39 is 6.04 Å². The Kier molecular flexibility index (Phi) is 3.81. The summed E-state index contributed by atoms with van der Waals surface area (Å²) in [5.74, 6) is -0.355. The van der Waals surface area contributed by atoms with Crippen molar-refractivity contribution in [2.75, 3.05) is 31.6 Å². The van der Waals surface area contributed by atoms with Gasteiger partial charge in [0.25, 0.3) is 0 Å². The molecule has 2 rings (SSSR count). The van der Waals surface area contributed by atoms with Gasteiger partial charge in [-0.05, 0) is 18.6 Å². The van der Waals surface area contributed by atoms with Gasteiger partial charge in [-0.15, -0.1) is 0 Å². The third kappa shape index (κ3) is 2.31. The summed E-state index contributed by atoms with van der Waals surface area (Å²) in [5.41, 5.74) is 6.15. The molecule has 0 saturated carbocycles. The average Bonchev–Trinajstić information content (AvgIpc) is 2.50. The van der Waals surface area contributed by atoms with E-state index in [0.29, 0.717) is 18.8 Å². The third-order valence-electron chi connectivity index (χ3n) is 3.32. The molecule has 1 unspecified atom stereocenters. The molecule has 1 aromatic carbocycles. The summed E-state index contributed by atoms with van der Waals surface area (Å²) in [4.78, 5) is 15.6. The number of hydrogen-bond donors (Lipinski definition) is 1. The van der Waals surface area contributed by atoms with Crippen LogP contribution in [0.2, 0.25) is 0 Å². The smallest absolute Gasteiger partial charge is 0.246 e. The molecule has 2 N–H and O–H groups in total. The van der Waals surface area contributed by atoms with Gasteiger partial charge >= 0.3 is 0 Å². The molecular weight excluding hydrogens is 233 g/mol. The zero-order valence-electron chi connectivity index (χ0n) is 10.5. The number of halogens is 1. The Morgan fingerprint density at radius 3 is 2.78 bits per heavy atom. The van der Waals surface area contributed by atoms with Gasteiger partial charge in [0.05, 0.1) is 5.69 Å². The summed E-state index contributed by atoms with van der Waals surface area (Å²) < 4.78 is 13.8. The number of likely N-dealkylation sites (N-methyl/N-ethyl adjacent to an activating group) is 1. The van der Waals surface area contributed by atoms with Crippen LogP contribution in [-0.4, -0.2) is 43.5 Å². The lowest BCUT2D eigenvalue weighted by atomic mass is 10.2. The van der Waals surface area contributed by atoms with Crippen LogP contribution in [0, 0.1) is 5.82 Å². The van der Waals surface area contributed by atoms with Crippen LogP contribution in [0.5, 0.6) is 0 Å². The fraction of sp³-hybridized carbons (Fsp3) is 0.462. The molecule has 1 aliphatic heterocycles. The van der Waals surface area contributed by atoms with Crippen molar-refractivity contribution in [3.05, 3.63) is 30.1 Å². The standard InChI is InChI=1S/C13H18FN3O/c1-16-7-4-8-17(12(9-15)13(16)18)11-6-3-2-5-10(11)14/h2-3,5-6,12H,4,7-9,15H2,1H3. The second-order valence-corrected chi connectivity index (χ2v) is 4.51. The summed E-state index contributed by atoms with van der Waals surface area (Å²) in [6, 6.07) is 6.03. The number of benzene rings is 1. The lowest BCUT2D eigenvalue weighted by molar-refractivity contribution is -0.130. The van der Waals surface area contributed by atoms with Crippen LogP contribution in [0.25, 0.3) is 0 Å². The molecule has 1 saturated heterocycles. The van der Waals surface area contributed by atoms with Crippen molar-refractivity contribution in [3.63, 3.8) is 0 Å². The van der Waals surface area contributed by atoms with Crippen molar-refractivity contribution < 1.29 is 9.18 Å². The maximum Gasteiger partial charge on any atom is 0.246 e. The number of hydrogen-bond acceptors (Lipinski definition) is 3. The number of para-hydroxylation sites is 1. The Balaban J connectivity index is 2.35. The van der Waals surface area contributed by atoms with Crippen LogP contribution in [0.1, 0.15) is 6.42 Å². The first kappa shape index (κ1) is 12.8. The topological polar surface area (TPSA) is 49.6 Å². The lowest BCUT2D eigenvalue weighted by Crippen LogP contribution is -2.49. The van der Waals surface area contributed by atoms with E-state index in [4.69, 9.17) is 5.73 Å². The van der Waals surface area contributed by atoms with Gasteiger partial charge in [0, 0.05) is 26.7 Å². The predicted octanol–water partition coefficient (Wildman–Crippen LogP) is 0.821. The largest absolute Gasteiger partial charge is 0.356 e. The molecular formula is C13H18FN3O. The average molecular weight is 251 g/mol. The molecule has 1 fully saturated rings. The molecule has 1 atom stereocenters. The minimum absolute atomic E-state index is 0.0433. The van der Waals surface area contributed by atoms with E-state index in [-0.39, 0.29) is 18.3 Å². The minimum atomic E-state index is -0.477. The second kappa shape index (κ2) is 5.35. The normalized spacial score (nSPS) is 21.1. The highest BCUT2D eigenvalue weighted by molar-refractivity contribution is 5.86. The first-order valence-corrected chi connectivity index (χ1v) is 6.11. The molecule has 0 radical (unpaired) electrons. The van der Waals surface area contributed by atoms with Gasteiger partial charge in [-0.1, -0.05) is 12.1 Å². The quantitative estimate of drug-likeness (QED) is 0.846. The minimum Gasteiger partial charge on any atom is -0.356 e. The van der Waals surface area contributed by atoms with E-state index in [2.05, 4.69) is 0 Å². The lowest BCUT2D eigenvalue weighted by Gasteiger charge is -2.30. The van der Waals surface area contributed by atoms with E-state index in [1.807, 2.05) is 0 Å². The van der Waals surface area contributed by atoms with E-state index in [0.717, 1.165) is 6.42 Å². The number of amides is 1. The van der Waals surface area contributed by atoms with E-state index >= 15 is 0 Å².